The number of phenols is 1. The summed E-state index contributed by atoms with van der Waals surface area (Å²) in [5, 5.41) is 9.27. The summed E-state index contributed by atoms with van der Waals surface area (Å²) in [6.45, 7) is 5.80. The first-order valence-electron chi connectivity index (χ1n) is 5.64. The second kappa shape index (κ2) is 4.04. The molecule has 0 aromatic heterocycles. The number of carbonyl (C=O) groups is 1. The van der Waals surface area contributed by atoms with Crippen LogP contribution in [0.25, 0.3) is 0 Å². The van der Waals surface area contributed by atoms with Gasteiger partial charge in [0.15, 0.2) is 0 Å². The maximum absolute atomic E-state index is 11.7. The van der Waals surface area contributed by atoms with Crippen molar-refractivity contribution in [1.82, 2.24) is 4.90 Å². The molecule has 0 aliphatic carbocycles. The van der Waals surface area contributed by atoms with Crippen LogP contribution in [0.5, 0.6) is 5.75 Å². The largest absolute Gasteiger partial charge is 0.508 e. The first-order chi connectivity index (χ1) is 7.92. The lowest BCUT2D eigenvalue weighted by molar-refractivity contribution is -0.143. The molecule has 1 aromatic carbocycles. The molecule has 0 radical (unpaired) electrons. The number of amides is 1. The van der Waals surface area contributed by atoms with E-state index in [1.165, 1.54) is 0 Å². The average Bonchev–Trinajstić information content (AvgIpc) is 2.55. The third kappa shape index (κ3) is 2.13. The molecule has 1 fully saturated rings. The molecule has 1 atom stereocenters. The quantitative estimate of drug-likeness (QED) is 0.810. The van der Waals surface area contributed by atoms with Crippen LogP contribution >= 0.6 is 0 Å². The van der Waals surface area contributed by atoms with Crippen molar-refractivity contribution >= 4 is 5.91 Å². The fourth-order valence-corrected chi connectivity index (χ4v) is 2.34. The van der Waals surface area contributed by atoms with Gasteiger partial charge in [-0.25, -0.2) is 0 Å². The van der Waals surface area contributed by atoms with E-state index in [1.54, 1.807) is 24.0 Å². The highest BCUT2D eigenvalue weighted by Crippen LogP contribution is 2.36. The Morgan fingerprint density at radius 1 is 1.41 bits per heavy atom. The number of aromatic hydroxyl groups is 1. The van der Waals surface area contributed by atoms with Gasteiger partial charge in [-0.2, -0.15) is 0 Å². The van der Waals surface area contributed by atoms with Gasteiger partial charge in [0.05, 0.1) is 12.6 Å². The Morgan fingerprint density at radius 2 is 2.00 bits per heavy atom. The molecular weight excluding hydrogens is 218 g/mol. The first-order valence-corrected chi connectivity index (χ1v) is 5.64. The fraction of sp³-hybridized carbons (Fsp3) is 0.462. The standard InChI is InChI=1S/C13H17NO3/c1-9(15)14-12(8-17-13(14,2)3)10-4-6-11(16)7-5-10/h4-7,12,16H,8H2,1-3H3/t12-/m0/s1. The monoisotopic (exact) mass is 235 g/mol. The summed E-state index contributed by atoms with van der Waals surface area (Å²) in [5.74, 6) is 0.215. The number of rotatable bonds is 1. The number of hydrogen-bond acceptors (Lipinski definition) is 3. The van der Waals surface area contributed by atoms with Crippen molar-refractivity contribution in [2.45, 2.75) is 32.5 Å². The maximum Gasteiger partial charge on any atom is 0.222 e. The molecule has 1 amide bonds. The van der Waals surface area contributed by atoms with Gasteiger partial charge in [-0.1, -0.05) is 12.1 Å². The molecule has 0 bridgehead atoms. The molecule has 4 heteroatoms. The molecule has 1 heterocycles. The minimum Gasteiger partial charge on any atom is -0.508 e. The summed E-state index contributed by atoms with van der Waals surface area (Å²) in [6.07, 6.45) is 0. The van der Waals surface area contributed by atoms with Gasteiger partial charge in [0.2, 0.25) is 5.91 Å². The Kier molecular flexibility index (Phi) is 2.83. The highest BCUT2D eigenvalue weighted by atomic mass is 16.5. The van der Waals surface area contributed by atoms with Crippen LogP contribution in [0.15, 0.2) is 24.3 Å². The molecule has 1 aliphatic heterocycles. The van der Waals surface area contributed by atoms with Gasteiger partial charge in [0, 0.05) is 6.92 Å². The predicted molar refractivity (Wildman–Crippen MR) is 63.4 cm³/mol. The zero-order chi connectivity index (χ0) is 12.6. The minimum atomic E-state index is -0.575. The minimum absolute atomic E-state index is 0.00873. The van der Waals surface area contributed by atoms with E-state index in [1.807, 2.05) is 26.0 Å². The third-order valence-corrected chi connectivity index (χ3v) is 3.10. The van der Waals surface area contributed by atoms with Crippen LogP contribution in [-0.4, -0.2) is 28.2 Å². The number of ether oxygens (including phenoxy) is 1. The second-order valence-electron chi connectivity index (χ2n) is 4.75. The van der Waals surface area contributed by atoms with Crippen molar-refractivity contribution in [2.24, 2.45) is 0 Å². The van der Waals surface area contributed by atoms with E-state index in [2.05, 4.69) is 0 Å². The molecule has 0 unspecified atom stereocenters. The second-order valence-corrected chi connectivity index (χ2v) is 4.75. The first kappa shape index (κ1) is 11.9. The number of carbonyl (C=O) groups excluding carboxylic acids is 1. The van der Waals surface area contributed by atoms with Crippen LogP contribution in [0.4, 0.5) is 0 Å². The summed E-state index contributed by atoms with van der Waals surface area (Å²) < 4.78 is 5.65. The summed E-state index contributed by atoms with van der Waals surface area (Å²) >= 11 is 0. The number of hydrogen-bond donors (Lipinski definition) is 1. The van der Waals surface area contributed by atoms with Crippen LogP contribution in [0.2, 0.25) is 0 Å². The molecule has 1 N–H and O–H groups in total. The topological polar surface area (TPSA) is 49.8 Å². The van der Waals surface area contributed by atoms with E-state index in [0.29, 0.717) is 6.61 Å². The van der Waals surface area contributed by atoms with Crippen molar-refractivity contribution in [3.05, 3.63) is 29.8 Å². The maximum atomic E-state index is 11.7. The normalized spacial score (nSPS) is 22.8. The Hall–Kier alpha value is -1.55. The SMILES string of the molecule is CC(=O)N1[C@H](c2ccc(O)cc2)COC1(C)C. The molecule has 4 nitrogen and oxygen atoms in total. The van der Waals surface area contributed by atoms with Crippen molar-refractivity contribution in [3.8, 4) is 5.75 Å². The Labute approximate surface area is 101 Å². The number of benzene rings is 1. The lowest BCUT2D eigenvalue weighted by atomic mass is 10.1. The van der Waals surface area contributed by atoms with Crippen molar-refractivity contribution in [3.63, 3.8) is 0 Å². The molecule has 2 rings (SSSR count). The highest BCUT2D eigenvalue weighted by Gasteiger charge is 2.42. The van der Waals surface area contributed by atoms with Gasteiger partial charge >= 0.3 is 0 Å². The summed E-state index contributed by atoms with van der Waals surface area (Å²) in [7, 11) is 0. The van der Waals surface area contributed by atoms with Crippen molar-refractivity contribution in [2.75, 3.05) is 6.61 Å². The van der Waals surface area contributed by atoms with Gasteiger partial charge in [-0.3, -0.25) is 4.79 Å². The van der Waals surface area contributed by atoms with Gasteiger partial charge < -0.3 is 14.7 Å². The van der Waals surface area contributed by atoms with Gasteiger partial charge in [-0.15, -0.1) is 0 Å². The van der Waals surface area contributed by atoms with Crippen molar-refractivity contribution in [1.29, 1.82) is 0 Å². The lowest BCUT2D eigenvalue weighted by Gasteiger charge is -2.32. The van der Waals surface area contributed by atoms with E-state index < -0.39 is 5.72 Å². The fourth-order valence-electron chi connectivity index (χ4n) is 2.34. The van der Waals surface area contributed by atoms with E-state index in [4.69, 9.17) is 4.74 Å². The highest BCUT2D eigenvalue weighted by molar-refractivity contribution is 5.75. The molecule has 1 aliphatic rings. The van der Waals surface area contributed by atoms with E-state index >= 15 is 0 Å². The molecule has 1 aromatic rings. The summed E-state index contributed by atoms with van der Waals surface area (Å²) in [4.78, 5) is 13.4. The molecule has 17 heavy (non-hydrogen) atoms. The van der Waals surface area contributed by atoms with E-state index in [9.17, 15) is 9.90 Å². The Balaban J connectivity index is 2.33. The van der Waals surface area contributed by atoms with Crippen molar-refractivity contribution < 1.29 is 14.6 Å². The van der Waals surface area contributed by atoms with Crippen LogP contribution in [0.3, 0.4) is 0 Å². The van der Waals surface area contributed by atoms with Crippen LogP contribution in [0, 0.1) is 0 Å². The van der Waals surface area contributed by atoms with Crippen LogP contribution in [-0.2, 0) is 9.53 Å². The lowest BCUT2D eigenvalue weighted by Crippen LogP contribution is -2.43. The molecule has 92 valence electrons. The zero-order valence-electron chi connectivity index (χ0n) is 10.3. The van der Waals surface area contributed by atoms with Gasteiger partial charge in [0.25, 0.3) is 0 Å². The Morgan fingerprint density at radius 3 is 2.53 bits per heavy atom. The summed E-state index contributed by atoms with van der Waals surface area (Å²) in [6, 6.07) is 6.81. The van der Waals surface area contributed by atoms with Gasteiger partial charge in [-0.05, 0) is 31.5 Å². The van der Waals surface area contributed by atoms with Gasteiger partial charge in [0.1, 0.15) is 11.5 Å². The van der Waals surface area contributed by atoms with Crippen LogP contribution in [0.1, 0.15) is 32.4 Å². The van der Waals surface area contributed by atoms with E-state index in [-0.39, 0.29) is 17.7 Å². The van der Waals surface area contributed by atoms with Crippen LogP contribution < -0.4 is 0 Å². The molecular formula is C13H17NO3. The molecule has 0 saturated carbocycles. The number of nitrogens with zero attached hydrogens (tertiary/aromatic N) is 1. The average molecular weight is 235 g/mol. The molecule has 1 saturated heterocycles. The smallest absolute Gasteiger partial charge is 0.222 e. The number of phenolic OH excluding ortho intramolecular Hbond substituents is 1. The third-order valence-electron chi connectivity index (χ3n) is 3.10. The predicted octanol–water partition coefficient (Wildman–Crippen LogP) is 2.05. The summed E-state index contributed by atoms with van der Waals surface area (Å²) in [5.41, 5.74) is 0.401. The zero-order valence-corrected chi connectivity index (χ0v) is 10.3. The Bertz CT molecular complexity index is 425. The molecule has 0 spiro atoms. The van der Waals surface area contributed by atoms with E-state index in [0.717, 1.165) is 5.56 Å².